The third kappa shape index (κ3) is 4.83. The van der Waals surface area contributed by atoms with Gasteiger partial charge in [-0.05, 0) is 79.4 Å². The monoisotopic (exact) mass is 519 g/mol. The SMILES string of the molecule is O=C(N1CCC(CC(=O)N(c2ccc(F)cc2)c2ccc(F)cc2)(C(=O)O)CC1)N1CCc2ccccc21. The van der Waals surface area contributed by atoms with Gasteiger partial charge in [-0.1, -0.05) is 18.2 Å². The van der Waals surface area contributed by atoms with Gasteiger partial charge in [-0.25, -0.2) is 13.6 Å². The van der Waals surface area contributed by atoms with Crippen molar-refractivity contribution in [2.45, 2.75) is 25.7 Å². The van der Waals surface area contributed by atoms with Crippen LogP contribution in [0.2, 0.25) is 0 Å². The summed E-state index contributed by atoms with van der Waals surface area (Å²) in [5.41, 5.74) is 1.27. The number of carbonyl (C=O) groups excluding carboxylic acids is 2. The molecular formula is C29H27F2N3O4. The number of carboxylic acid groups (broad SMARTS) is 1. The van der Waals surface area contributed by atoms with Gasteiger partial charge >= 0.3 is 12.0 Å². The lowest BCUT2D eigenvalue weighted by Crippen LogP contribution is -2.51. The Hall–Kier alpha value is -4.27. The van der Waals surface area contributed by atoms with Gasteiger partial charge < -0.3 is 10.0 Å². The Morgan fingerprint density at radius 1 is 0.816 bits per heavy atom. The van der Waals surface area contributed by atoms with E-state index in [-0.39, 0.29) is 38.4 Å². The van der Waals surface area contributed by atoms with Crippen LogP contribution in [0.15, 0.2) is 72.8 Å². The van der Waals surface area contributed by atoms with Crippen molar-refractivity contribution < 1.29 is 28.3 Å². The molecule has 1 fully saturated rings. The highest BCUT2D eigenvalue weighted by Gasteiger charge is 2.46. The molecule has 0 radical (unpaired) electrons. The molecule has 0 aliphatic carbocycles. The summed E-state index contributed by atoms with van der Waals surface area (Å²) in [5, 5.41) is 10.2. The molecule has 38 heavy (non-hydrogen) atoms. The average molecular weight is 520 g/mol. The third-order valence-corrected chi connectivity index (χ3v) is 7.47. The lowest BCUT2D eigenvalue weighted by molar-refractivity contribution is -0.154. The number of hydrogen-bond acceptors (Lipinski definition) is 3. The second-order valence-corrected chi connectivity index (χ2v) is 9.74. The van der Waals surface area contributed by atoms with E-state index >= 15 is 0 Å². The fourth-order valence-corrected chi connectivity index (χ4v) is 5.29. The van der Waals surface area contributed by atoms with Crippen LogP contribution in [0.1, 0.15) is 24.8 Å². The molecule has 0 saturated carbocycles. The molecule has 3 aromatic carbocycles. The maximum absolute atomic E-state index is 13.6. The minimum atomic E-state index is -1.38. The second kappa shape index (κ2) is 10.2. The first kappa shape index (κ1) is 25.4. The Balaban J connectivity index is 1.34. The van der Waals surface area contributed by atoms with Crippen LogP contribution in [0.5, 0.6) is 0 Å². The molecule has 1 N–H and O–H groups in total. The number of benzene rings is 3. The van der Waals surface area contributed by atoms with Crippen LogP contribution >= 0.6 is 0 Å². The minimum absolute atomic E-state index is 0.107. The van der Waals surface area contributed by atoms with Gasteiger partial charge in [0, 0.05) is 43.1 Å². The van der Waals surface area contributed by atoms with E-state index in [4.69, 9.17) is 0 Å². The highest BCUT2D eigenvalue weighted by molar-refractivity contribution is 6.02. The van der Waals surface area contributed by atoms with E-state index in [1.165, 1.54) is 53.4 Å². The molecule has 0 unspecified atom stereocenters. The molecule has 2 aliphatic heterocycles. The molecule has 0 aromatic heterocycles. The topological polar surface area (TPSA) is 81.2 Å². The number of aliphatic carboxylic acids is 1. The fourth-order valence-electron chi connectivity index (χ4n) is 5.29. The van der Waals surface area contributed by atoms with Crippen molar-refractivity contribution in [3.63, 3.8) is 0 Å². The van der Waals surface area contributed by atoms with Gasteiger partial charge in [-0.15, -0.1) is 0 Å². The Labute approximate surface area is 218 Å². The molecule has 0 spiro atoms. The number of urea groups is 1. The zero-order valence-corrected chi connectivity index (χ0v) is 20.6. The summed E-state index contributed by atoms with van der Waals surface area (Å²) < 4.78 is 27.2. The van der Waals surface area contributed by atoms with Crippen molar-refractivity contribution >= 4 is 35.0 Å². The van der Waals surface area contributed by atoms with E-state index in [0.29, 0.717) is 17.9 Å². The third-order valence-electron chi connectivity index (χ3n) is 7.47. The Morgan fingerprint density at radius 3 is 1.92 bits per heavy atom. The summed E-state index contributed by atoms with van der Waals surface area (Å²) in [6.45, 7) is 0.968. The molecule has 3 amide bonds. The summed E-state index contributed by atoms with van der Waals surface area (Å²) in [6.07, 6.45) is 0.656. The van der Waals surface area contributed by atoms with E-state index in [1.807, 2.05) is 24.3 Å². The normalized spacial score (nSPS) is 16.2. The number of hydrogen-bond donors (Lipinski definition) is 1. The van der Waals surface area contributed by atoms with Crippen molar-refractivity contribution in [3.8, 4) is 0 Å². The van der Waals surface area contributed by atoms with Gasteiger partial charge in [0.05, 0.1) is 5.41 Å². The predicted molar refractivity (Wildman–Crippen MR) is 138 cm³/mol. The van der Waals surface area contributed by atoms with Gasteiger partial charge in [-0.3, -0.25) is 19.4 Å². The molecule has 7 nitrogen and oxygen atoms in total. The molecule has 9 heteroatoms. The first-order valence-corrected chi connectivity index (χ1v) is 12.5. The summed E-state index contributed by atoms with van der Waals surface area (Å²) in [6, 6.07) is 18.0. The van der Waals surface area contributed by atoms with Gasteiger partial charge in [0.2, 0.25) is 5.91 Å². The fraction of sp³-hybridized carbons (Fsp3) is 0.276. The zero-order valence-electron chi connectivity index (χ0n) is 20.6. The number of piperidine rings is 1. The Morgan fingerprint density at radius 2 is 1.37 bits per heavy atom. The molecular weight excluding hydrogens is 492 g/mol. The van der Waals surface area contributed by atoms with Crippen LogP contribution in [0.25, 0.3) is 0 Å². The Kier molecular flexibility index (Phi) is 6.84. The van der Waals surface area contributed by atoms with E-state index < -0.39 is 28.9 Å². The maximum atomic E-state index is 13.6. The van der Waals surface area contributed by atoms with Crippen molar-refractivity contribution in [3.05, 3.63) is 90.0 Å². The molecule has 3 aromatic rings. The molecule has 2 heterocycles. The summed E-state index contributed by atoms with van der Waals surface area (Å²) in [5.74, 6) is -2.60. The minimum Gasteiger partial charge on any atom is -0.481 e. The number of nitrogens with zero attached hydrogens (tertiary/aromatic N) is 3. The number of halogens is 2. The number of likely N-dealkylation sites (tertiary alicyclic amines) is 1. The maximum Gasteiger partial charge on any atom is 0.324 e. The van der Waals surface area contributed by atoms with E-state index in [2.05, 4.69) is 0 Å². The van der Waals surface area contributed by atoms with Crippen molar-refractivity contribution in [2.24, 2.45) is 5.41 Å². The standard InChI is InChI=1S/C29H27F2N3O4/c30-21-5-9-23(10-6-21)34(24-11-7-22(31)8-12-24)26(35)19-29(27(36)37)14-17-32(18-15-29)28(38)33-16-13-20-3-1-2-4-25(20)33/h1-12H,13-19H2,(H,36,37). The molecule has 2 aliphatic rings. The van der Waals surface area contributed by atoms with Crippen LogP contribution in [0, 0.1) is 17.0 Å². The van der Waals surface area contributed by atoms with Crippen LogP contribution < -0.4 is 9.80 Å². The van der Waals surface area contributed by atoms with E-state index in [1.54, 1.807) is 9.80 Å². The first-order valence-electron chi connectivity index (χ1n) is 12.5. The number of carboxylic acids is 1. The number of anilines is 3. The number of amides is 3. The quantitative estimate of drug-likeness (QED) is 0.492. The molecule has 1 saturated heterocycles. The van der Waals surface area contributed by atoms with E-state index in [9.17, 15) is 28.3 Å². The second-order valence-electron chi connectivity index (χ2n) is 9.74. The highest BCUT2D eigenvalue weighted by Crippen LogP contribution is 2.39. The molecule has 196 valence electrons. The molecule has 5 rings (SSSR count). The van der Waals surface area contributed by atoms with Crippen molar-refractivity contribution in [2.75, 3.05) is 29.4 Å². The van der Waals surface area contributed by atoms with Crippen LogP contribution in [-0.2, 0) is 16.0 Å². The lowest BCUT2D eigenvalue weighted by atomic mass is 9.75. The highest BCUT2D eigenvalue weighted by atomic mass is 19.1. The predicted octanol–water partition coefficient (Wildman–Crippen LogP) is 5.37. The number of para-hydroxylation sites is 1. The van der Waals surface area contributed by atoms with Gasteiger partial charge in [0.1, 0.15) is 11.6 Å². The largest absolute Gasteiger partial charge is 0.481 e. The molecule has 0 atom stereocenters. The van der Waals surface area contributed by atoms with Crippen LogP contribution in [0.4, 0.5) is 30.6 Å². The summed E-state index contributed by atoms with van der Waals surface area (Å²) >= 11 is 0. The van der Waals surface area contributed by atoms with Gasteiger partial charge in [0.15, 0.2) is 0 Å². The van der Waals surface area contributed by atoms with Crippen LogP contribution in [-0.4, -0.2) is 47.5 Å². The van der Waals surface area contributed by atoms with Gasteiger partial charge in [0.25, 0.3) is 0 Å². The lowest BCUT2D eigenvalue weighted by Gasteiger charge is -2.40. The van der Waals surface area contributed by atoms with Crippen LogP contribution in [0.3, 0.4) is 0 Å². The first-order chi connectivity index (χ1) is 18.3. The summed E-state index contributed by atoms with van der Waals surface area (Å²) in [7, 11) is 0. The molecule has 0 bridgehead atoms. The van der Waals surface area contributed by atoms with Crippen molar-refractivity contribution in [1.29, 1.82) is 0 Å². The smallest absolute Gasteiger partial charge is 0.324 e. The van der Waals surface area contributed by atoms with E-state index in [0.717, 1.165) is 17.7 Å². The Bertz CT molecular complexity index is 1310. The number of carbonyl (C=O) groups is 3. The number of fused-ring (bicyclic) bond motifs is 1. The average Bonchev–Trinajstić information content (AvgIpc) is 3.35. The van der Waals surface area contributed by atoms with Crippen molar-refractivity contribution in [1.82, 2.24) is 4.90 Å². The number of rotatable bonds is 5. The zero-order chi connectivity index (χ0) is 26.9. The van der Waals surface area contributed by atoms with Gasteiger partial charge in [-0.2, -0.15) is 0 Å². The summed E-state index contributed by atoms with van der Waals surface area (Å²) in [4.78, 5) is 44.1.